The smallest absolute Gasteiger partial charge is 0.305 e. The summed E-state index contributed by atoms with van der Waals surface area (Å²) in [5.41, 5.74) is 1.46. The Kier molecular flexibility index (Phi) is 3.55. The van der Waals surface area contributed by atoms with Crippen molar-refractivity contribution in [1.29, 1.82) is 0 Å². The number of phenols is 2. The number of phenolic OH excluding ortho intramolecular Hbond substituents is 2. The highest BCUT2D eigenvalue weighted by atomic mass is 16.5. The lowest BCUT2D eigenvalue weighted by atomic mass is 10.1. The van der Waals surface area contributed by atoms with Crippen LogP contribution in [0, 0.1) is 6.92 Å². The molecule has 0 fully saturated rings. The lowest BCUT2D eigenvalue weighted by molar-refractivity contribution is -0.144. The van der Waals surface area contributed by atoms with E-state index in [4.69, 9.17) is 4.74 Å². The van der Waals surface area contributed by atoms with Crippen LogP contribution in [0.15, 0.2) is 12.1 Å². The zero-order chi connectivity index (χ0) is 11.4. The van der Waals surface area contributed by atoms with Gasteiger partial charge in [0.25, 0.3) is 0 Å². The van der Waals surface area contributed by atoms with Gasteiger partial charge in [-0.3, -0.25) is 4.79 Å². The minimum absolute atomic E-state index is 0.117. The summed E-state index contributed by atoms with van der Waals surface area (Å²) < 4.78 is 4.92. The van der Waals surface area contributed by atoms with E-state index in [9.17, 15) is 15.0 Å². The van der Waals surface area contributed by atoms with Crippen LogP contribution in [0.2, 0.25) is 0 Å². The predicted molar refractivity (Wildman–Crippen MR) is 54.6 cm³/mol. The fraction of sp³-hybridized carbons (Fsp3) is 0.364. The average molecular weight is 210 g/mol. The predicted octanol–water partition coefficient (Wildman–Crippen LogP) is 1.86. The van der Waals surface area contributed by atoms with Gasteiger partial charge < -0.3 is 14.9 Å². The second-order valence-corrected chi connectivity index (χ2v) is 3.28. The van der Waals surface area contributed by atoms with Gasteiger partial charge in [-0.1, -0.05) is 6.92 Å². The maximum Gasteiger partial charge on any atom is 0.305 e. The minimum Gasteiger partial charge on any atom is -0.504 e. The number of hydrogen-bond donors (Lipinski definition) is 2. The molecular formula is C11H14O4. The number of benzene rings is 1. The highest BCUT2D eigenvalue weighted by Gasteiger charge is 2.07. The van der Waals surface area contributed by atoms with Crippen LogP contribution in [0.25, 0.3) is 0 Å². The Morgan fingerprint density at radius 3 is 2.53 bits per heavy atom. The second-order valence-electron chi connectivity index (χ2n) is 3.28. The van der Waals surface area contributed by atoms with Gasteiger partial charge in [0.15, 0.2) is 11.5 Å². The molecule has 0 spiro atoms. The fourth-order valence-corrected chi connectivity index (χ4v) is 1.14. The first kappa shape index (κ1) is 11.4. The molecule has 0 saturated carbocycles. The van der Waals surface area contributed by atoms with Gasteiger partial charge in [-0.05, 0) is 30.2 Å². The van der Waals surface area contributed by atoms with E-state index in [1.165, 1.54) is 12.1 Å². The largest absolute Gasteiger partial charge is 0.504 e. The van der Waals surface area contributed by atoms with Crippen molar-refractivity contribution >= 4 is 5.97 Å². The molecule has 2 N–H and O–H groups in total. The topological polar surface area (TPSA) is 66.8 Å². The molecule has 0 unspecified atom stereocenters. The Bertz CT molecular complexity index is 371. The van der Waals surface area contributed by atoms with Gasteiger partial charge in [0.1, 0.15) is 6.61 Å². The first-order valence-electron chi connectivity index (χ1n) is 4.71. The first-order valence-corrected chi connectivity index (χ1v) is 4.71. The molecule has 1 aromatic carbocycles. The molecule has 0 amide bonds. The molecule has 0 aromatic heterocycles. The first-order chi connectivity index (χ1) is 7.04. The van der Waals surface area contributed by atoms with E-state index >= 15 is 0 Å². The third kappa shape index (κ3) is 2.87. The third-order valence-electron chi connectivity index (χ3n) is 2.11. The van der Waals surface area contributed by atoms with E-state index in [1.807, 2.05) is 0 Å². The van der Waals surface area contributed by atoms with Crippen LogP contribution in [0.1, 0.15) is 24.5 Å². The Morgan fingerprint density at radius 1 is 1.33 bits per heavy atom. The number of aryl methyl sites for hydroxylation is 1. The highest BCUT2D eigenvalue weighted by molar-refractivity contribution is 5.68. The highest BCUT2D eigenvalue weighted by Crippen LogP contribution is 2.28. The zero-order valence-corrected chi connectivity index (χ0v) is 8.78. The van der Waals surface area contributed by atoms with Crippen LogP contribution in [0.4, 0.5) is 0 Å². The zero-order valence-electron chi connectivity index (χ0n) is 8.78. The summed E-state index contributed by atoms with van der Waals surface area (Å²) in [6, 6.07) is 2.83. The summed E-state index contributed by atoms with van der Waals surface area (Å²) in [5, 5.41) is 18.4. The van der Waals surface area contributed by atoms with Crippen molar-refractivity contribution in [1.82, 2.24) is 0 Å². The van der Waals surface area contributed by atoms with E-state index in [2.05, 4.69) is 0 Å². The monoisotopic (exact) mass is 210 g/mol. The molecule has 0 radical (unpaired) electrons. The number of carbonyl (C=O) groups excluding carboxylic acids is 1. The van der Waals surface area contributed by atoms with Crippen molar-refractivity contribution in [3.63, 3.8) is 0 Å². The van der Waals surface area contributed by atoms with Crippen molar-refractivity contribution in [3.05, 3.63) is 23.3 Å². The summed E-state index contributed by atoms with van der Waals surface area (Å²) in [6.45, 7) is 3.60. The third-order valence-corrected chi connectivity index (χ3v) is 2.11. The van der Waals surface area contributed by atoms with Crippen LogP contribution in [-0.2, 0) is 16.1 Å². The van der Waals surface area contributed by atoms with Crippen molar-refractivity contribution in [3.8, 4) is 11.5 Å². The molecule has 15 heavy (non-hydrogen) atoms. The number of hydrogen-bond acceptors (Lipinski definition) is 4. The molecule has 0 aliphatic heterocycles. The van der Waals surface area contributed by atoms with E-state index < -0.39 is 0 Å². The number of carbonyl (C=O) groups is 1. The van der Waals surface area contributed by atoms with Gasteiger partial charge in [0, 0.05) is 6.42 Å². The molecule has 1 aromatic rings. The van der Waals surface area contributed by atoms with E-state index in [-0.39, 0.29) is 24.1 Å². The van der Waals surface area contributed by atoms with Gasteiger partial charge in [-0.15, -0.1) is 0 Å². The molecule has 0 saturated heterocycles. The summed E-state index contributed by atoms with van der Waals surface area (Å²) >= 11 is 0. The fourth-order valence-electron chi connectivity index (χ4n) is 1.14. The van der Waals surface area contributed by atoms with Crippen LogP contribution >= 0.6 is 0 Å². The van der Waals surface area contributed by atoms with Gasteiger partial charge in [0.05, 0.1) is 0 Å². The van der Waals surface area contributed by atoms with Gasteiger partial charge in [0.2, 0.25) is 0 Å². The van der Waals surface area contributed by atoms with Crippen molar-refractivity contribution in [2.75, 3.05) is 0 Å². The van der Waals surface area contributed by atoms with Crippen LogP contribution < -0.4 is 0 Å². The summed E-state index contributed by atoms with van der Waals surface area (Å²) in [5.74, 6) is -0.664. The molecule has 0 aliphatic carbocycles. The maximum absolute atomic E-state index is 10.9. The number of rotatable bonds is 3. The van der Waals surface area contributed by atoms with Gasteiger partial charge in [-0.25, -0.2) is 0 Å². The Labute approximate surface area is 88.1 Å². The molecule has 0 heterocycles. The molecule has 4 nitrogen and oxygen atoms in total. The maximum atomic E-state index is 10.9. The van der Waals surface area contributed by atoms with Gasteiger partial charge >= 0.3 is 5.97 Å². The van der Waals surface area contributed by atoms with Crippen LogP contribution in [0.3, 0.4) is 0 Å². The average Bonchev–Trinajstić information content (AvgIpc) is 2.21. The minimum atomic E-state index is -0.290. The molecule has 0 aliphatic rings. The van der Waals surface area contributed by atoms with Crippen molar-refractivity contribution in [2.24, 2.45) is 0 Å². The summed E-state index contributed by atoms with van der Waals surface area (Å²) in [6.07, 6.45) is 0.323. The molecule has 1 rings (SSSR count). The molecule has 82 valence electrons. The Morgan fingerprint density at radius 2 is 1.93 bits per heavy atom. The van der Waals surface area contributed by atoms with Crippen molar-refractivity contribution in [2.45, 2.75) is 26.9 Å². The molecule has 0 atom stereocenters. The normalized spacial score (nSPS) is 10.0. The lowest BCUT2D eigenvalue weighted by Gasteiger charge is -2.08. The molecule has 4 heteroatoms. The Balaban J connectivity index is 2.77. The number of aromatic hydroxyl groups is 2. The van der Waals surface area contributed by atoms with Gasteiger partial charge in [-0.2, -0.15) is 0 Å². The van der Waals surface area contributed by atoms with E-state index in [0.29, 0.717) is 12.0 Å². The van der Waals surface area contributed by atoms with Crippen LogP contribution in [0.5, 0.6) is 11.5 Å². The quantitative estimate of drug-likeness (QED) is 0.590. The SMILES string of the molecule is CCC(=O)OCc1cc(O)c(O)cc1C. The lowest BCUT2D eigenvalue weighted by Crippen LogP contribution is -2.03. The second kappa shape index (κ2) is 4.68. The standard InChI is InChI=1S/C11H14O4/c1-3-11(14)15-6-8-5-10(13)9(12)4-7(8)2/h4-5,12-13H,3,6H2,1-2H3. The number of ether oxygens (including phenoxy) is 1. The molecular weight excluding hydrogens is 196 g/mol. The summed E-state index contributed by atoms with van der Waals surface area (Å²) in [7, 11) is 0. The van der Waals surface area contributed by atoms with E-state index in [1.54, 1.807) is 13.8 Å². The van der Waals surface area contributed by atoms with Crippen molar-refractivity contribution < 1.29 is 19.7 Å². The molecule has 0 bridgehead atoms. The number of esters is 1. The summed E-state index contributed by atoms with van der Waals surface area (Å²) in [4.78, 5) is 10.9. The van der Waals surface area contributed by atoms with E-state index in [0.717, 1.165) is 5.56 Å². The van der Waals surface area contributed by atoms with Crippen LogP contribution in [-0.4, -0.2) is 16.2 Å². The Hall–Kier alpha value is -1.71.